The molecule has 0 aliphatic heterocycles. The highest BCUT2D eigenvalue weighted by molar-refractivity contribution is 5.84. The van der Waals surface area contributed by atoms with E-state index < -0.39 is 5.54 Å². The number of hydrogen-bond donors (Lipinski definition) is 2. The zero-order valence-corrected chi connectivity index (χ0v) is 13.1. The lowest BCUT2D eigenvalue weighted by Crippen LogP contribution is -2.57. The molecule has 108 valence electrons. The van der Waals surface area contributed by atoms with Crippen molar-refractivity contribution in [2.75, 3.05) is 13.6 Å². The normalized spacial score (nSPS) is 16.1. The fourth-order valence-corrected chi connectivity index (χ4v) is 1.87. The van der Waals surface area contributed by atoms with Gasteiger partial charge in [-0.15, -0.1) is 0 Å². The van der Waals surface area contributed by atoms with Crippen molar-refractivity contribution < 1.29 is 4.79 Å². The largest absolute Gasteiger partial charge is 0.368 e. The minimum atomic E-state index is -0.633. The second kappa shape index (κ2) is 6.53. The second-order valence-corrected chi connectivity index (χ2v) is 6.33. The molecule has 0 aliphatic rings. The maximum Gasteiger partial charge on any atom is 0.237 e. The Bertz CT molecular complexity index is 276. The lowest BCUT2D eigenvalue weighted by Gasteiger charge is -2.38. The summed E-state index contributed by atoms with van der Waals surface area (Å²) in [5.41, 5.74) is 5.04. The Morgan fingerprint density at radius 1 is 1.33 bits per heavy atom. The van der Waals surface area contributed by atoms with Gasteiger partial charge in [-0.1, -0.05) is 6.92 Å². The average Bonchev–Trinajstić information content (AvgIpc) is 2.24. The molecule has 0 saturated carbocycles. The summed E-state index contributed by atoms with van der Waals surface area (Å²) in [6.07, 6.45) is 1.80. The Morgan fingerprint density at radius 2 is 1.83 bits per heavy atom. The molecular formula is C14H31N3O. The van der Waals surface area contributed by atoms with Gasteiger partial charge in [0.1, 0.15) is 0 Å². The highest BCUT2D eigenvalue weighted by Crippen LogP contribution is 2.19. The Hall–Kier alpha value is -0.610. The predicted molar refractivity (Wildman–Crippen MR) is 77.5 cm³/mol. The van der Waals surface area contributed by atoms with Gasteiger partial charge in [-0.2, -0.15) is 0 Å². The molecule has 1 amide bonds. The van der Waals surface area contributed by atoms with Gasteiger partial charge in [-0.05, 0) is 54.5 Å². The van der Waals surface area contributed by atoms with Crippen molar-refractivity contribution in [2.24, 2.45) is 5.73 Å². The number of carbonyl (C=O) groups is 1. The molecule has 18 heavy (non-hydrogen) atoms. The van der Waals surface area contributed by atoms with Gasteiger partial charge in [-0.3, -0.25) is 4.79 Å². The topological polar surface area (TPSA) is 58.4 Å². The van der Waals surface area contributed by atoms with Crippen molar-refractivity contribution in [1.29, 1.82) is 0 Å². The fraction of sp³-hybridized carbons (Fsp3) is 0.929. The van der Waals surface area contributed by atoms with Gasteiger partial charge in [-0.25, -0.2) is 0 Å². The molecule has 4 heteroatoms. The van der Waals surface area contributed by atoms with Gasteiger partial charge < -0.3 is 16.0 Å². The van der Waals surface area contributed by atoms with E-state index in [4.69, 9.17) is 5.73 Å². The molecule has 0 rings (SSSR count). The van der Waals surface area contributed by atoms with E-state index >= 15 is 0 Å². The zero-order valence-electron chi connectivity index (χ0n) is 13.1. The van der Waals surface area contributed by atoms with Crippen LogP contribution in [0.1, 0.15) is 54.4 Å². The Kier molecular flexibility index (Phi) is 6.30. The molecule has 1 unspecified atom stereocenters. The number of nitrogens with one attached hydrogen (secondary N) is 1. The molecule has 4 nitrogen and oxygen atoms in total. The van der Waals surface area contributed by atoms with E-state index in [2.05, 4.69) is 38.0 Å². The molecular weight excluding hydrogens is 226 g/mol. The Balaban J connectivity index is 4.59. The molecule has 0 aromatic heterocycles. The average molecular weight is 257 g/mol. The zero-order chi connectivity index (χ0) is 14.6. The van der Waals surface area contributed by atoms with Gasteiger partial charge >= 0.3 is 0 Å². The van der Waals surface area contributed by atoms with Gasteiger partial charge in [0.2, 0.25) is 5.91 Å². The highest BCUT2D eigenvalue weighted by Gasteiger charge is 2.32. The summed E-state index contributed by atoms with van der Waals surface area (Å²) in [5.74, 6) is -0.279. The third-order valence-electron chi connectivity index (χ3n) is 4.00. The third-order valence-corrected chi connectivity index (χ3v) is 4.00. The lowest BCUT2D eigenvalue weighted by molar-refractivity contribution is -0.124. The number of rotatable bonds is 8. The number of amides is 1. The van der Waals surface area contributed by atoms with Crippen LogP contribution in [0.15, 0.2) is 0 Å². The first-order valence-electron chi connectivity index (χ1n) is 6.84. The van der Waals surface area contributed by atoms with Crippen LogP contribution in [0, 0.1) is 0 Å². The van der Waals surface area contributed by atoms with E-state index in [1.807, 2.05) is 20.8 Å². The van der Waals surface area contributed by atoms with Crippen molar-refractivity contribution in [3.8, 4) is 0 Å². The SMILES string of the molecule is CCC(C)(C)N(C)CCC(C)(NC(C)C)C(N)=O. The van der Waals surface area contributed by atoms with Crippen molar-refractivity contribution in [1.82, 2.24) is 10.2 Å². The number of primary amides is 1. The van der Waals surface area contributed by atoms with E-state index in [0.29, 0.717) is 0 Å². The van der Waals surface area contributed by atoms with E-state index in [-0.39, 0.29) is 17.5 Å². The minimum absolute atomic E-state index is 0.149. The van der Waals surface area contributed by atoms with Gasteiger partial charge in [0.25, 0.3) is 0 Å². The monoisotopic (exact) mass is 257 g/mol. The van der Waals surface area contributed by atoms with E-state index in [0.717, 1.165) is 19.4 Å². The summed E-state index contributed by atoms with van der Waals surface area (Å²) in [5, 5.41) is 3.28. The number of nitrogens with two attached hydrogens (primary N) is 1. The molecule has 0 aliphatic carbocycles. The second-order valence-electron chi connectivity index (χ2n) is 6.33. The molecule has 1 atom stereocenters. The number of nitrogens with zero attached hydrogens (tertiary/aromatic N) is 1. The summed E-state index contributed by atoms with van der Waals surface area (Å²) in [6, 6.07) is 0.243. The summed E-state index contributed by atoms with van der Waals surface area (Å²) in [6.45, 7) is 13.4. The molecule has 0 heterocycles. The van der Waals surface area contributed by atoms with Crippen LogP contribution < -0.4 is 11.1 Å². The maximum absolute atomic E-state index is 11.6. The van der Waals surface area contributed by atoms with Crippen molar-refractivity contribution in [3.63, 3.8) is 0 Å². The van der Waals surface area contributed by atoms with Crippen molar-refractivity contribution in [2.45, 2.75) is 71.5 Å². The number of carbonyl (C=O) groups excluding carboxylic acids is 1. The molecule has 0 aromatic rings. The van der Waals surface area contributed by atoms with Crippen LogP contribution in [0.5, 0.6) is 0 Å². The van der Waals surface area contributed by atoms with Crippen molar-refractivity contribution in [3.05, 3.63) is 0 Å². The van der Waals surface area contributed by atoms with Crippen LogP contribution in [0.2, 0.25) is 0 Å². The van der Waals surface area contributed by atoms with Crippen LogP contribution >= 0.6 is 0 Å². The first-order chi connectivity index (χ1) is 8.05. The molecule has 0 saturated heterocycles. The van der Waals surface area contributed by atoms with Gasteiger partial charge in [0, 0.05) is 18.1 Å². The highest BCUT2D eigenvalue weighted by atomic mass is 16.1. The van der Waals surface area contributed by atoms with Gasteiger partial charge in [0.05, 0.1) is 5.54 Å². The smallest absolute Gasteiger partial charge is 0.237 e. The van der Waals surface area contributed by atoms with Crippen LogP contribution in [-0.2, 0) is 4.79 Å². The van der Waals surface area contributed by atoms with Crippen LogP contribution in [-0.4, -0.2) is 41.5 Å². The summed E-state index contributed by atoms with van der Waals surface area (Å²) < 4.78 is 0. The molecule has 0 spiro atoms. The van der Waals surface area contributed by atoms with E-state index in [1.165, 1.54) is 0 Å². The Morgan fingerprint density at radius 3 is 2.17 bits per heavy atom. The van der Waals surface area contributed by atoms with Crippen LogP contribution in [0.4, 0.5) is 0 Å². The Labute approximate surface area is 112 Å². The van der Waals surface area contributed by atoms with Gasteiger partial charge in [0.15, 0.2) is 0 Å². The van der Waals surface area contributed by atoms with Crippen LogP contribution in [0.3, 0.4) is 0 Å². The molecule has 0 aromatic carbocycles. The first-order valence-corrected chi connectivity index (χ1v) is 6.84. The molecule has 0 bridgehead atoms. The number of hydrogen-bond acceptors (Lipinski definition) is 3. The maximum atomic E-state index is 11.6. The molecule has 0 radical (unpaired) electrons. The fourth-order valence-electron chi connectivity index (χ4n) is 1.87. The standard InChI is InChI=1S/C14H31N3O/c1-8-13(4,5)17(7)10-9-14(6,12(15)18)16-11(2)3/h11,16H,8-10H2,1-7H3,(H2,15,18). The van der Waals surface area contributed by atoms with Crippen molar-refractivity contribution >= 4 is 5.91 Å². The summed E-state index contributed by atoms with van der Waals surface area (Å²) in [4.78, 5) is 13.9. The summed E-state index contributed by atoms with van der Waals surface area (Å²) in [7, 11) is 2.10. The van der Waals surface area contributed by atoms with E-state index in [1.54, 1.807) is 0 Å². The third kappa shape index (κ3) is 4.94. The molecule has 0 fully saturated rings. The quantitative estimate of drug-likeness (QED) is 0.696. The van der Waals surface area contributed by atoms with E-state index in [9.17, 15) is 4.79 Å². The minimum Gasteiger partial charge on any atom is -0.368 e. The summed E-state index contributed by atoms with van der Waals surface area (Å²) >= 11 is 0. The first kappa shape index (κ1) is 17.4. The molecule has 3 N–H and O–H groups in total. The lowest BCUT2D eigenvalue weighted by atomic mass is 9.93. The van der Waals surface area contributed by atoms with Crippen LogP contribution in [0.25, 0.3) is 0 Å². The predicted octanol–water partition coefficient (Wildman–Crippen LogP) is 1.74.